The monoisotopic (exact) mass is 467 g/mol. The zero-order valence-electron chi connectivity index (χ0n) is 19.2. The van der Waals surface area contributed by atoms with E-state index in [1.54, 1.807) is 17.1 Å². The van der Waals surface area contributed by atoms with Crippen LogP contribution in [-0.2, 0) is 26.1 Å². The SMILES string of the molecule is O=C(NCc1nnc2n1CCCCC2)c1cc(-c2ccccc2)nc2c1cnn2Cc1ccco1. The molecule has 0 radical (unpaired) electrons. The average molecular weight is 468 g/mol. The van der Waals surface area contributed by atoms with E-state index in [0.717, 1.165) is 48.8 Å². The van der Waals surface area contributed by atoms with Crippen molar-refractivity contribution >= 4 is 16.9 Å². The minimum Gasteiger partial charge on any atom is -0.467 e. The molecule has 0 fully saturated rings. The standard InChI is InChI=1S/C26H25N7O2/c34-26(27-16-24-31-30-23-11-5-2-6-12-32(23)24)20-14-22(18-8-3-1-4-9-18)29-25-21(20)15-28-33(25)17-19-10-7-13-35-19/h1,3-4,7-10,13-15H,2,5-6,11-12,16-17H2,(H,27,34). The lowest BCUT2D eigenvalue weighted by atomic mass is 10.1. The number of rotatable bonds is 6. The van der Waals surface area contributed by atoms with Gasteiger partial charge in [-0.2, -0.15) is 5.10 Å². The predicted molar refractivity (Wildman–Crippen MR) is 130 cm³/mol. The highest BCUT2D eigenvalue weighted by Gasteiger charge is 2.20. The van der Waals surface area contributed by atoms with Crippen LogP contribution in [0.1, 0.15) is 47.0 Å². The van der Waals surface area contributed by atoms with Gasteiger partial charge < -0.3 is 14.3 Å². The molecule has 0 saturated carbocycles. The second-order valence-corrected chi connectivity index (χ2v) is 8.72. The van der Waals surface area contributed by atoms with Gasteiger partial charge in [-0.05, 0) is 31.0 Å². The van der Waals surface area contributed by atoms with E-state index in [1.165, 1.54) is 6.42 Å². The van der Waals surface area contributed by atoms with E-state index in [0.29, 0.717) is 35.4 Å². The normalized spacial score (nSPS) is 13.5. The van der Waals surface area contributed by atoms with Gasteiger partial charge in [-0.15, -0.1) is 10.2 Å². The lowest BCUT2D eigenvalue weighted by Gasteiger charge is -2.11. The number of aromatic nitrogens is 6. The third-order valence-corrected chi connectivity index (χ3v) is 6.40. The Morgan fingerprint density at radius 3 is 2.83 bits per heavy atom. The van der Waals surface area contributed by atoms with Crippen LogP contribution in [-0.4, -0.2) is 35.4 Å². The van der Waals surface area contributed by atoms with Crippen LogP contribution in [0.15, 0.2) is 65.4 Å². The number of carbonyl (C=O) groups excluding carboxylic acids is 1. The number of hydrogen-bond acceptors (Lipinski definition) is 6. The molecule has 9 heteroatoms. The van der Waals surface area contributed by atoms with Crippen LogP contribution in [0.4, 0.5) is 0 Å². The molecule has 0 aliphatic carbocycles. The van der Waals surface area contributed by atoms with Crippen LogP contribution in [0.2, 0.25) is 0 Å². The molecule has 0 saturated heterocycles. The van der Waals surface area contributed by atoms with E-state index < -0.39 is 0 Å². The minimum atomic E-state index is -0.196. The predicted octanol–water partition coefficient (Wildman–Crippen LogP) is 3.99. The summed E-state index contributed by atoms with van der Waals surface area (Å²) in [6.07, 6.45) is 7.68. The highest BCUT2D eigenvalue weighted by molar-refractivity contribution is 6.06. The van der Waals surface area contributed by atoms with Crippen LogP contribution in [0.3, 0.4) is 0 Å². The van der Waals surface area contributed by atoms with Gasteiger partial charge in [0.2, 0.25) is 0 Å². The van der Waals surface area contributed by atoms with Gasteiger partial charge in [-0.1, -0.05) is 36.8 Å². The first-order chi connectivity index (χ1) is 17.3. The zero-order valence-corrected chi connectivity index (χ0v) is 19.2. The molecule has 1 N–H and O–H groups in total. The Bertz CT molecular complexity index is 1470. The second-order valence-electron chi connectivity index (χ2n) is 8.72. The highest BCUT2D eigenvalue weighted by atomic mass is 16.3. The highest BCUT2D eigenvalue weighted by Crippen LogP contribution is 2.25. The summed E-state index contributed by atoms with van der Waals surface area (Å²) in [6.45, 7) is 1.64. The smallest absolute Gasteiger partial charge is 0.252 e. The number of nitrogens with zero attached hydrogens (tertiary/aromatic N) is 6. The van der Waals surface area contributed by atoms with Crippen LogP contribution in [0, 0.1) is 0 Å². The largest absolute Gasteiger partial charge is 0.467 e. The Morgan fingerprint density at radius 1 is 1.06 bits per heavy atom. The number of furan rings is 1. The molecule has 176 valence electrons. The van der Waals surface area contributed by atoms with Crippen LogP contribution >= 0.6 is 0 Å². The number of hydrogen-bond donors (Lipinski definition) is 1. The van der Waals surface area contributed by atoms with Crippen molar-refractivity contribution in [1.82, 2.24) is 34.8 Å². The lowest BCUT2D eigenvalue weighted by Crippen LogP contribution is -2.25. The van der Waals surface area contributed by atoms with Crippen LogP contribution in [0.25, 0.3) is 22.3 Å². The van der Waals surface area contributed by atoms with E-state index in [2.05, 4.69) is 25.2 Å². The fourth-order valence-corrected chi connectivity index (χ4v) is 4.59. The molecule has 0 atom stereocenters. The molecule has 1 aliphatic heterocycles. The van der Waals surface area contributed by atoms with Crippen molar-refractivity contribution in [2.24, 2.45) is 0 Å². The molecule has 6 rings (SSSR count). The van der Waals surface area contributed by atoms with Crippen molar-refractivity contribution in [3.05, 3.63) is 84.0 Å². The molecule has 5 aromatic rings. The van der Waals surface area contributed by atoms with Gasteiger partial charge in [0, 0.05) is 18.5 Å². The molecule has 9 nitrogen and oxygen atoms in total. The molecule has 1 amide bonds. The third kappa shape index (κ3) is 4.21. The summed E-state index contributed by atoms with van der Waals surface area (Å²) in [6, 6.07) is 15.4. The average Bonchev–Trinajstić information content (AvgIpc) is 3.61. The summed E-state index contributed by atoms with van der Waals surface area (Å²) < 4.78 is 9.40. The van der Waals surface area contributed by atoms with Crippen molar-refractivity contribution in [3.63, 3.8) is 0 Å². The second kappa shape index (κ2) is 9.17. The first-order valence-corrected chi connectivity index (χ1v) is 11.9. The molecule has 35 heavy (non-hydrogen) atoms. The Hall–Kier alpha value is -4.27. The number of carbonyl (C=O) groups is 1. The summed E-state index contributed by atoms with van der Waals surface area (Å²) in [7, 11) is 0. The first kappa shape index (κ1) is 21.3. The summed E-state index contributed by atoms with van der Waals surface area (Å²) in [5.41, 5.74) is 2.79. The van der Waals surface area contributed by atoms with Crippen molar-refractivity contribution in [2.75, 3.05) is 0 Å². The lowest BCUT2D eigenvalue weighted by molar-refractivity contribution is 0.0951. The molecule has 1 aliphatic rings. The van der Waals surface area contributed by atoms with Gasteiger partial charge in [0.15, 0.2) is 11.5 Å². The van der Waals surface area contributed by atoms with Crippen molar-refractivity contribution < 1.29 is 9.21 Å². The third-order valence-electron chi connectivity index (χ3n) is 6.40. The Kier molecular flexibility index (Phi) is 5.57. The molecular weight excluding hydrogens is 442 g/mol. The number of amides is 1. The minimum absolute atomic E-state index is 0.196. The zero-order chi connectivity index (χ0) is 23.6. The van der Waals surface area contributed by atoms with Crippen molar-refractivity contribution in [3.8, 4) is 11.3 Å². The number of fused-ring (bicyclic) bond motifs is 2. The molecule has 5 heterocycles. The van der Waals surface area contributed by atoms with Gasteiger partial charge in [0.1, 0.15) is 18.1 Å². The van der Waals surface area contributed by atoms with Gasteiger partial charge in [0.25, 0.3) is 5.91 Å². The molecule has 1 aromatic carbocycles. The van der Waals surface area contributed by atoms with Gasteiger partial charge in [-0.25, -0.2) is 9.67 Å². The molecule has 0 unspecified atom stereocenters. The van der Waals surface area contributed by atoms with Gasteiger partial charge in [-0.3, -0.25) is 4.79 Å². The summed E-state index contributed by atoms with van der Waals surface area (Å²) in [5, 5.41) is 16.9. The topological polar surface area (TPSA) is 104 Å². The van der Waals surface area contributed by atoms with E-state index in [1.807, 2.05) is 48.5 Å². The van der Waals surface area contributed by atoms with Crippen LogP contribution < -0.4 is 5.32 Å². The maximum absolute atomic E-state index is 13.4. The van der Waals surface area contributed by atoms with E-state index in [9.17, 15) is 4.79 Å². The number of aryl methyl sites for hydroxylation is 1. The van der Waals surface area contributed by atoms with Crippen LogP contribution in [0.5, 0.6) is 0 Å². The maximum atomic E-state index is 13.4. The fourth-order valence-electron chi connectivity index (χ4n) is 4.59. The van der Waals surface area contributed by atoms with Gasteiger partial charge >= 0.3 is 0 Å². The molecule has 0 spiro atoms. The Morgan fingerprint density at radius 2 is 1.97 bits per heavy atom. The molecule has 4 aromatic heterocycles. The number of benzene rings is 1. The van der Waals surface area contributed by atoms with Crippen molar-refractivity contribution in [2.45, 2.75) is 45.3 Å². The Balaban J connectivity index is 1.34. The van der Waals surface area contributed by atoms with E-state index in [-0.39, 0.29) is 5.91 Å². The summed E-state index contributed by atoms with van der Waals surface area (Å²) in [5.74, 6) is 2.36. The van der Waals surface area contributed by atoms with E-state index in [4.69, 9.17) is 9.40 Å². The molecule has 0 bridgehead atoms. The Labute approximate surface area is 201 Å². The first-order valence-electron chi connectivity index (χ1n) is 11.9. The number of pyridine rings is 1. The number of nitrogens with one attached hydrogen (secondary N) is 1. The maximum Gasteiger partial charge on any atom is 0.252 e. The summed E-state index contributed by atoms with van der Waals surface area (Å²) >= 11 is 0. The van der Waals surface area contributed by atoms with Crippen molar-refractivity contribution in [1.29, 1.82) is 0 Å². The molecular formula is C26H25N7O2. The summed E-state index contributed by atoms with van der Waals surface area (Å²) in [4.78, 5) is 18.3. The quantitative estimate of drug-likeness (QED) is 0.405. The van der Waals surface area contributed by atoms with E-state index >= 15 is 0 Å². The van der Waals surface area contributed by atoms with Gasteiger partial charge in [0.05, 0.1) is 35.6 Å². The fraction of sp³-hybridized carbons (Fsp3) is 0.269.